The second-order valence-electron chi connectivity index (χ2n) is 7.70. The summed E-state index contributed by atoms with van der Waals surface area (Å²) in [7, 11) is 0. The molecule has 2 fully saturated rings. The van der Waals surface area contributed by atoms with Gasteiger partial charge in [-0.3, -0.25) is 4.79 Å². The molecule has 1 saturated carbocycles. The minimum absolute atomic E-state index is 0.256. The molecule has 142 valence electrons. The number of carbonyl (C=O) groups is 1. The maximum atomic E-state index is 12.2. The SMILES string of the molecule is Cc1cc(C(=O)C2CC2)ccc1COc1cccc(N2CCN[C@@H](C)C2)n1. The smallest absolute Gasteiger partial charge is 0.215 e. The zero-order chi connectivity index (χ0) is 18.8. The number of nitrogens with zero attached hydrogens (tertiary/aromatic N) is 2. The van der Waals surface area contributed by atoms with Crippen molar-refractivity contribution in [1.29, 1.82) is 0 Å². The van der Waals surface area contributed by atoms with Crippen LogP contribution in [0.5, 0.6) is 5.88 Å². The molecule has 5 nitrogen and oxygen atoms in total. The molecule has 0 bridgehead atoms. The zero-order valence-electron chi connectivity index (χ0n) is 16.1. The summed E-state index contributed by atoms with van der Waals surface area (Å²) >= 11 is 0. The van der Waals surface area contributed by atoms with Gasteiger partial charge in [0.05, 0.1) is 0 Å². The number of benzene rings is 1. The van der Waals surface area contributed by atoms with E-state index in [1.807, 2.05) is 43.3 Å². The Bertz CT molecular complexity index is 832. The number of aromatic nitrogens is 1. The first-order valence-electron chi connectivity index (χ1n) is 9.82. The van der Waals surface area contributed by atoms with Crippen LogP contribution in [-0.2, 0) is 6.61 Å². The summed E-state index contributed by atoms with van der Waals surface area (Å²) in [6.45, 7) is 7.56. The molecule has 0 radical (unpaired) electrons. The van der Waals surface area contributed by atoms with Gasteiger partial charge in [0.15, 0.2) is 5.78 Å². The molecule has 1 saturated heterocycles. The van der Waals surface area contributed by atoms with E-state index >= 15 is 0 Å². The maximum Gasteiger partial charge on any atom is 0.215 e. The highest BCUT2D eigenvalue weighted by Gasteiger charge is 2.30. The van der Waals surface area contributed by atoms with E-state index in [0.717, 1.165) is 55.0 Å². The monoisotopic (exact) mass is 365 g/mol. The highest BCUT2D eigenvalue weighted by molar-refractivity contribution is 5.99. The van der Waals surface area contributed by atoms with Crippen molar-refractivity contribution >= 4 is 11.6 Å². The van der Waals surface area contributed by atoms with Gasteiger partial charge in [-0.15, -0.1) is 0 Å². The van der Waals surface area contributed by atoms with Crippen molar-refractivity contribution in [3.63, 3.8) is 0 Å². The number of carbonyl (C=O) groups excluding carboxylic acids is 1. The van der Waals surface area contributed by atoms with Gasteiger partial charge < -0.3 is 15.0 Å². The highest BCUT2D eigenvalue weighted by Crippen LogP contribution is 2.33. The Balaban J connectivity index is 1.41. The second-order valence-corrected chi connectivity index (χ2v) is 7.70. The lowest BCUT2D eigenvalue weighted by Crippen LogP contribution is -2.49. The summed E-state index contributed by atoms with van der Waals surface area (Å²) in [5.74, 6) is 2.13. The van der Waals surface area contributed by atoms with Gasteiger partial charge in [-0.2, -0.15) is 4.98 Å². The number of nitrogens with one attached hydrogen (secondary N) is 1. The topological polar surface area (TPSA) is 54.5 Å². The molecule has 2 aliphatic rings. The summed E-state index contributed by atoms with van der Waals surface area (Å²) in [6.07, 6.45) is 2.08. The van der Waals surface area contributed by atoms with Crippen LogP contribution in [-0.4, -0.2) is 36.4 Å². The van der Waals surface area contributed by atoms with Crippen molar-refractivity contribution in [2.24, 2.45) is 5.92 Å². The van der Waals surface area contributed by atoms with Gasteiger partial charge in [-0.05, 0) is 49.9 Å². The molecular weight excluding hydrogens is 338 g/mol. The molecule has 1 aromatic heterocycles. The van der Waals surface area contributed by atoms with Crippen LogP contribution in [0.3, 0.4) is 0 Å². The molecular formula is C22H27N3O2. The molecule has 0 unspecified atom stereocenters. The van der Waals surface area contributed by atoms with Gasteiger partial charge in [0.1, 0.15) is 12.4 Å². The average Bonchev–Trinajstić information content (AvgIpc) is 3.52. The molecule has 0 amide bonds. The van der Waals surface area contributed by atoms with E-state index in [2.05, 4.69) is 22.1 Å². The lowest BCUT2D eigenvalue weighted by molar-refractivity contribution is 0.0967. The molecule has 4 rings (SSSR count). The number of anilines is 1. The molecule has 1 aliphatic carbocycles. The zero-order valence-corrected chi connectivity index (χ0v) is 16.1. The molecule has 27 heavy (non-hydrogen) atoms. The standard InChI is InChI=1S/C22H27N3O2/c1-15-12-18(22(26)17-6-7-17)8-9-19(15)14-27-21-5-3-4-20(24-21)25-11-10-23-16(2)13-25/h3-5,8-9,12,16-17,23H,6-7,10-11,13-14H2,1-2H3/t16-/m0/s1. The number of ether oxygens (including phenoxy) is 1. The summed E-state index contributed by atoms with van der Waals surface area (Å²) in [5, 5.41) is 3.45. The Hall–Kier alpha value is -2.40. The number of Topliss-reactive ketones (excluding diaryl/α,β-unsaturated/α-hetero) is 1. The first-order valence-corrected chi connectivity index (χ1v) is 9.82. The third-order valence-corrected chi connectivity index (χ3v) is 5.35. The van der Waals surface area contributed by atoms with Crippen molar-refractivity contribution in [1.82, 2.24) is 10.3 Å². The van der Waals surface area contributed by atoms with Gasteiger partial charge in [-0.25, -0.2) is 0 Å². The molecule has 1 aliphatic heterocycles. The molecule has 5 heteroatoms. The van der Waals surface area contributed by atoms with Crippen molar-refractivity contribution < 1.29 is 9.53 Å². The van der Waals surface area contributed by atoms with Crippen LogP contribution in [0.25, 0.3) is 0 Å². The minimum atomic E-state index is 0.256. The predicted molar refractivity (Wildman–Crippen MR) is 106 cm³/mol. The fourth-order valence-corrected chi connectivity index (χ4v) is 3.54. The summed E-state index contributed by atoms with van der Waals surface area (Å²) in [4.78, 5) is 19.2. The highest BCUT2D eigenvalue weighted by atomic mass is 16.5. The Morgan fingerprint density at radius 1 is 1.30 bits per heavy atom. The number of piperazine rings is 1. The maximum absolute atomic E-state index is 12.2. The van der Waals surface area contributed by atoms with Crippen LogP contribution in [0, 0.1) is 12.8 Å². The van der Waals surface area contributed by atoms with Crippen molar-refractivity contribution in [3.05, 3.63) is 53.1 Å². The first kappa shape index (κ1) is 18.0. The van der Waals surface area contributed by atoms with Gasteiger partial charge in [0.2, 0.25) is 5.88 Å². The van der Waals surface area contributed by atoms with Crippen molar-refractivity contribution in [2.45, 2.75) is 39.3 Å². The summed E-state index contributed by atoms with van der Waals surface area (Å²) in [6, 6.07) is 12.3. The normalized spacial score (nSPS) is 19.8. The third kappa shape index (κ3) is 4.30. The molecule has 0 spiro atoms. The first-order chi connectivity index (χ1) is 13.1. The largest absolute Gasteiger partial charge is 0.473 e. The van der Waals surface area contributed by atoms with E-state index in [4.69, 9.17) is 4.74 Å². The van der Waals surface area contributed by atoms with Crippen LogP contribution in [0.4, 0.5) is 5.82 Å². The van der Waals surface area contributed by atoms with E-state index in [9.17, 15) is 4.79 Å². The summed E-state index contributed by atoms with van der Waals surface area (Å²) in [5.41, 5.74) is 3.01. The number of ketones is 1. The molecule has 1 N–H and O–H groups in total. The van der Waals surface area contributed by atoms with Gasteiger partial charge in [0, 0.05) is 43.2 Å². The van der Waals surface area contributed by atoms with Crippen molar-refractivity contribution in [2.75, 3.05) is 24.5 Å². The van der Waals surface area contributed by atoms with Crippen LogP contribution in [0.15, 0.2) is 36.4 Å². The quantitative estimate of drug-likeness (QED) is 0.796. The number of aryl methyl sites for hydroxylation is 1. The fourth-order valence-electron chi connectivity index (χ4n) is 3.54. The molecule has 1 atom stereocenters. The van der Waals surface area contributed by atoms with Crippen LogP contribution < -0.4 is 15.0 Å². The second kappa shape index (κ2) is 7.69. The van der Waals surface area contributed by atoms with Gasteiger partial charge in [0.25, 0.3) is 0 Å². The Kier molecular flexibility index (Phi) is 5.12. The van der Waals surface area contributed by atoms with E-state index in [-0.39, 0.29) is 11.7 Å². The third-order valence-electron chi connectivity index (χ3n) is 5.35. The van der Waals surface area contributed by atoms with Crippen molar-refractivity contribution in [3.8, 4) is 5.88 Å². The van der Waals surface area contributed by atoms with Gasteiger partial charge in [-0.1, -0.05) is 18.2 Å². The fraction of sp³-hybridized carbons (Fsp3) is 0.455. The Morgan fingerprint density at radius 2 is 2.15 bits per heavy atom. The lowest BCUT2D eigenvalue weighted by atomic mass is 10.0. The molecule has 2 aromatic rings. The predicted octanol–water partition coefficient (Wildman–Crippen LogP) is 3.36. The number of hydrogen-bond donors (Lipinski definition) is 1. The number of hydrogen-bond acceptors (Lipinski definition) is 5. The van der Waals surface area contributed by atoms with E-state index in [1.165, 1.54) is 0 Å². The van der Waals surface area contributed by atoms with Crippen LogP contribution in [0.1, 0.15) is 41.3 Å². The van der Waals surface area contributed by atoms with E-state index < -0.39 is 0 Å². The lowest BCUT2D eigenvalue weighted by Gasteiger charge is -2.32. The van der Waals surface area contributed by atoms with Crippen LogP contribution in [0.2, 0.25) is 0 Å². The Labute approximate surface area is 160 Å². The average molecular weight is 365 g/mol. The van der Waals surface area contributed by atoms with E-state index in [0.29, 0.717) is 18.5 Å². The van der Waals surface area contributed by atoms with E-state index in [1.54, 1.807) is 0 Å². The Morgan fingerprint density at radius 3 is 2.89 bits per heavy atom. The number of rotatable bonds is 6. The van der Waals surface area contributed by atoms with Gasteiger partial charge >= 0.3 is 0 Å². The molecule has 1 aromatic carbocycles. The van der Waals surface area contributed by atoms with Crippen LogP contribution >= 0.6 is 0 Å². The summed E-state index contributed by atoms with van der Waals surface area (Å²) < 4.78 is 5.95. The molecule has 2 heterocycles. The minimum Gasteiger partial charge on any atom is -0.473 e. The number of pyridine rings is 1.